The largest absolute Gasteiger partial charge is 0.461 e. The normalized spacial score (nSPS) is 48.6. The molecular weight excluding hydrogens is 590 g/mol. The van der Waals surface area contributed by atoms with E-state index in [0.29, 0.717) is 24.9 Å². The first-order valence-corrected chi connectivity index (χ1v) is 16.7. The Morgan fingerprint density at radius 1 is 1.00 bits per heavy atom. The lowest BCUT2D eigenvalue weighted by molar-refractivity contribution is -0.282. The SMILES string of the molecule is C=C1CC23CC4C5C6(C)CN4C4C2C(OC(=O)c2ccccc2)C1C(OC(C)=O)C3C45C(OC(C)=O)C(OC(=O)C(C)CC)C6O. The first kappa shape index (κ1) is 30.1. The molecule has 9 bridgehead atoms. The van der Waals surface area contributed by atoms with Crippen molar-refractivity contribution in [2.75, 3.05) is 6.54 Å². The topological polar surface area (TPSA) is 129 Å². The molecule has 6 aliphatic carbocycles. The van der Waals surface area contributed by atoms with Crippen LogP contribution in [-0.4, -0.2) is 83.0 Å². The van der Waals surface area contributed by atoms with Crippen LogP contribution in [0.15, 0.2) is 42.5 Å². The predicted octanol–water partition coefficient (Wildman–Crippen LogP) is 3.31. The zero-order valence-electron chi connectivity index (χ0n) is 27.0. The van der Waals surface area contributed by atoms with Crippen molar-refractivity contribution in [2.45, 2.75) is 96.5 Å². The van der Waals surface area contributed by atoms with Crippen molar-refractivity contribution in [3.8, 4) is 0 Å². The minimum Gasteiger partial charge on any atom is -0.461 e. The molecule has 246 valence electrons. The molecule has 3 heterocycles. The third kappa shape index (κ3) is 3.40. The summed E-state index contributed by atoms with van der Waals surface area (Å²) in [6.07, 6.45) is -2.47. The lowest BCUT2D eigenvalue weighted by atomic mass is 9.38. The van der Waals surface area contributed by atoms with Gasteiger partial charge in [0.15, 0.2) is 6.10 Å². The Balaban J connectivity index is 1.33. The average Bonchev–Trinajstić information content (AvgIpc) is 3.46. The highest BCUT2D eigenvalue weighted by atomic mass is 16.6. The van der Waals surface area contributed by atoms with Gasteiger partial charge in [-0.2, -0.15) is 0 Å². The highest BCUT2D eigenvalue weighted by Gasteiger charge is 2.95. The standard InChI is InChI=1S/C36H43NO9/c1-7-16(2)32(41)46-26-30(40)34(6)15-37-21-14-35-13-17(3)22-24(45-33(42)20-11-9-8-10-12-20)23(35)29(37)36(27(21)34,31(26)44-19(5)39)28(35)25(22)43-18(4)38/h8-12,16,21-31,40H,3,7,13-15H2,1-2,4-6H3. The molecule has 2 spiro atoms. The van der Waals surface area contributed by atoms with Gasteiger partial charge in [0.05, 0.1) is 17.4 Å². The summed E-state index contributed by atoms with van der Waals surface area (Å²) >= 11 is 0. The van der Waals surface area contributed by atoms with Gasteiger partial charge in [-0.1, -0.05) is 51.1 Å². The number of aliphatic hydroxyl groups is 1. The molecule has 0 radical (unpaired) electrons. The number of rotatable bonds is 7. The summed E-state index contributed by atoms with van der Waals surface area (Å²) in [5.41, 5.74) is -0.618. The van der Waals surface area contributed by atoms with Crippen LogP contribution in [0.4, 0.5) is 0 Å². The number of ether oxygens (including phenoxy) is 4. The van der Waals surface area contributed by atoms with Crippen molar-refractivity contribution in [2.24, 2.45) is 45.8 Å². The molecule has 46 heavy (non-hydrogen) atoms. The summed E-state index contributed by atoms with van der Waals surface area (Å²) in [6, 6.07) is 8.74. The summed E-state index contributed by atoms with van der Waals surface area (Å²) < 4.78 is 25.3. The maximum absolute atomic E-state index is 13.7. The summed E-state index contributed by atoms with van der Waals surface area (Å²) in [7, 11) is 0. The van der Waals surface area contributed by atoms with Crippen molar-refractivity contribution >= 4 is 23.9 Å². The molecule has 3 aliphatic heterocycles. The second kappa shape index (κ2) is 9.66. The fourth-order valence-corrected chi connectivity index (χ4v) is 12.5. The van der Waals surface area contributed by atoms with E-state index >= 15 is 0 Å². The van der Waals surface area contributed by atoms with Crippen molar-refractivity contribution in [3.05, 3.63) is 48.0 Å². The highest BCUT2D eigenvalue weighted by molar-refractivity contribution is 5.89. The minimum atomic E-state index is -1.10. The van der Waals surface area contributed by atoms with Crippen LogP contribution in [0.25, 0.3) is 0 Å². The monoisotopic (exact) mass is 633 g/mol. The summed E-state index contributed by atoms with van der Waals surface area (Å²) in [5.74, 6) is -3.30. The third-order valence-electron chi connectivity index (χ3n) is 13.5. The summed E-state index contributed by atoms with van der Waals surface area (Å²) in [5, 5.41) is 12.1. The van der Waals surface area contributed by atoms with Crippen LogP contribution in [-0.2, 0) is 33.3 Å². The third-order valence-corrected chi connectivity index (χ3v) is 13.5. The van der Waals surface area contributed by atoms with Gasteiger partial charge in [-0.05, 0) is 42.7 Å². The number of benzene rings is 1. The first-order valence-electron chi connectivity index (χ1n) is 16.7. The van der Waals surface area contributed by atoms with Crippen LogP contribution in [0.2, 0.25) is 0 Å². The number of hydrogen-bond acceptors (Lipinski definition) is 10. The number of esters is 4. The van der Waals surface area contributed by atoms with E-state index < -0.39 is 82.5 Å². The Kier molecular flexibility index (Phi) is 6.32. The van der Waals surface area contributed by atoms with E-state index in [0.717, 1.165) is 12.0 Å². The Bertz CT molecular complexity index is 1540. The minimum absolute atomic E-state index is 0.0762. The van der Waals surface area contributed by atoms with Gasteiger partial charge >= 0.3 is 23.9 Å². The molecule has 0 amide bonds. The lowest BCUT2D eigenvalue weighted by Crippen LogP contribution is -2.75. The van der Waals surface area contributed by atoms with Crippen molar-refractivity contribution in [1.82, 2.24) is 4.90 Å². The fourth-order valence-electron chi connectivity index (χ4n) is 12.5. The van der Waals surface area contributed by atoms with Crippen LogP contribution in [0.1, 0.15) is 64.2 Å². The van der Waals surface area contributed by atoms with E-state index in [4.69, 9.17) is 18.9 Å². The molecule has 10 heteroatoms. The molecule has 9 aliphatic rings. The van der Waals surface area contributed by atoms with Gasteiger partial charge in [-0.3, -0.25) is 19.3 Å². The Morgan fingerprint density at radius 2 is 1.70 bits per heavy atom. The number of aliphatic hydroxyl groups excluding tert-OH is 1. The van der Waals surface area contributed by atoms with Crippen molar-refractivity contribution < 1.29 is 43.2 Å². The van der Waals surface area contributed by atoms with Crippen LogP contribution in [0.3, 0.4) is 0 Å². The van der Waals surface area contributed by atoms with E-state index in [9.17, 15) is 24.3 Å². The maximum Gasteiger partial charge on any atom is 0.338 e. The van der Waals surface area contributed by atoms with Gasteiger partial charge in [-0.25, -0.2) is 4.79 Å². The number of nitrogens with zero attached hydrogens (tertiary/aromatic N) is 1. The first-order chi connectivity index (χ1) is 21.8. The zero-order chi connectivity index (χ0) is 32.7. The molecular formula is C36H43NO9. The molecule has 1 aromatic carbocycles. The summed E-state index contributed by atoms with van der Waals surface area (Å²) in [6.45, 7) is 13.5. The number of carbonyl (C=O) groups excluding carboxylic acids is 4. The molecule has 16 atom stereocenters. The van der Waals surface area contributed by atoms with Crippen molar-refractivity contribution in [1.29, 1.82) is 0 Å². The summed E-state index contributed by atoms with van der Waals surface area (Å²) in [4.78, 5) is 55.4. The van der Waals surface area contributed by atoms with Gasteiger partial charge in [0.1, 0.15) is 24.4 Å². The van der Waals surface area contributed by atoms with Crippen LogP contribution >= 0.6 is 0 Å². The van der Waals surface area contributed by atoms with E-state index in [1.54, 1.807) is 31.2 Å². The molecule has 9 fully saturated rings. The quantitative estimate of drug-likeness (QED) is 0.271. The van der Waals surface area contributed by atoms with Gasteiger partial charge in [-0.15, -0.1) is 0 Å². The molecule has 10 rings (SSSR count). The Hall–Kier alpha value is -3.24. The smallest absolute Gasteiger partial charge is 0.338 e. The molecule has 16 unspecified atom stereocenters. The second-order valence-corrected chi connectivity index (χ2v) is 15.5. The van der Waals surface area contributed by atoms with E-state index in [-0.39, 0.29) is 29.8 Å². The van der Waals surface area contributed by atoms with Gasteiger partial charge in [0.2, 0.25) is 0 Å². The number of piperidine rings is 2. The predicted molar refractivity (Wildman–Crippen MR) is 162 cm³/mol. The maximum atomic E-state index is 13.7. The van der Waals surface area contributed by atoms with Crippen LogP contribution in [0.5, 0.6) is 0 Å². The highest BCUT2D eigenvalue weighted by Crippen LogP contribution is 2.87. The van der Waals surface area contributed by atoms with E-state index in [2.05, 4.69) is 18.4 Å². The second-order valence-electron chi connectivity index (χ2n) is 15.5. The Labute approximate surface area is 268 Å². The van der Waals surface area contributed by atoms with Crippen LogP contribution < -0.4 is 0 Å². The zero-order valence-corrected chi connectivity index (χ0v) is 27.0. The molecule has 1 aromatic rings. The molecule has 0 aromatic heterocycles. The van der Waals surface area contributed by atoms with Gasteiger partial charge in [0, 0.05) is 55.1 Å². The molecule has 10 nitrogen and oxygen atoms in total. The molecule has 1 N–H and O–H groups in total. The average molecular weight is 634 g/mol. The van der Waals surface area contributed by atoms with E-state index in [1.165, 1.54) is 13.8 Å². The number of hydrogen-bond donors (Lipinski definition) is 1. The Morgan fingerprint density at radius 3 is 2.35 bits per heavy atom. The molecule has 3 saturated heterocycles. The lowest BCUT2D eigenvalue weighted by Gasteiger charge is -2.67. The van der Waals surface area contributed by atoms with Gasteiger partial charge in [0.25, 0.3) is 0 Å². The molecule has 6 saturated carbocycles. The fraction of sp³-hybridized carbons (Fsp3) is 0.667. The number of carbonyl (C=O) groups is 4. The van der Waals surface area contributed by atoms with Crippen LogP contribution in [0, 0.1) is 45.8 Å². The van der Waals surface area contributed by atoms with Gasteiger partial charge < -0.3 is 24.1 Å². The van der Waals surface area contributed by atoms with Crippen molar-refractivity contribution in [3.63, 3.8) is 0 Å². The number of fused-ring (bicyclic) bond motifs is 1. The van der Waals surface area contributed by atoms with E-state index in [1.807, 2.05) is 13.0 Å².